The van der Waals surface area contributed by atoms with Crippen molar-refractivity contribution >= 4 is 17.2 Å². The minimum Gasteiger partial charge on any atom is -0.375 e. The number of benzene rings is 1. The predicted molar refractivity (Wildman–Crippen MR) is 119 cm³/mol. The van der Waals surface area contributed by atoms with Crippen LogP contribution in [-0.4, -0.2) is 17.1 Å². The Morgan fingerprint density at radius 3 is 2.37 bits per heavy atom. The van der Waals surface area contributed by atoms with E-state index >= 15 is 0 Å². The van der Waals surface area contributed by atoms with Crippen molar-refractivity contribution in [3.63, 3.8) is 0 Å². The first-order valence-corrected chi connectivity index (χ1v) is 12.2. The summed E-state index contributed by atoms with van der Waals surface area (Å²) >= 11 is 1.65. The third-order valence-electron chi connectivity index (χ3n) is 7.65. The average Bonchev–Trinajstić information content (AvgIpc) is 2.98. The summed E-state index contributed by atoms with van der Waals surface area (Å²) in [6.45, 7) is 6.20. The summed E-state index contributed by atoms with van der Waals surface area (Å²) in [6.07, 6.45) is 7.27. The topological polar surface area (TPSA) is 43.6 Å². The average molecular weight is 425 g/mol. The van der Waals surface area contributed by atoms with Gasteiger partial charge in [0.1, 0.15) is 0 Å². The maximum atomic E-state index is 13.4. The molecule has 0 radical (unpaired) electrons. The predicted octanol–water partition coefficient (Wildman–Crippen LogP) is 5.03. The van der Waals surface area contributed by atoms with Crippen molar-refractivity contribution in [2.75, 3.05) is 6.61 Å². The van der Waals surface area contributed by atoms with Crippen molar-refractivity contribution in [2.24, 2.45) is 28.2 Å². The highest BCUT2D eigenvalue weighted by atomic mass is 32.1. The van der Waals surface area contributed by atoms with Crippen LogP contribution in [0.3, 0.4) is 0 Å². The molecule has 0 saturated heterocycles. The van der Waals surface area contributed by atoms with Crippen LogP contribution in [0.25, 0.3) is 0 Å². The molecular weight excluding hydrogens is 392 g/mol. The number of thiazole rings is 1. The van der Waals surface area contributed by atoms with Crippen molar-refractivity contribution in [3.05, 3.63) is 51.3 Å². The summed E-state index contributed by atoms with van der Waals surface area (Å²) in [6, 6.07) is 10.3. The van der Waals surface area contributed by atoms with Gasteiger partial charge in [-0.3, -0.25) is 4.79 Å². The molecule has 6 rings (SSSR count). The zero-order valence-electron chi connectivity index (χ0n) is 18.1. The van der Waals surface area contributed by atoms with Crippen LogP contribution in [-0.2, 0) is 22.7 Å². The number of ether oxygens (including phenoxy) is 1. The van der Waals surface area contributed by atoms with E-state index in [-0.39, 0.29) is 11.3 Å². The summed E-state index contributed by atoms with van der Waals surface area (Å²) in [7, 11) is 0. The van der Waals surface area contributed by atoms with E-state index in [1.165, 1.54) is 35.4 Å². The zero-order valence-corrected chi connectivity index (χ0v) is 18.9. The van der Waals surface area contributed by atoms with Gasteiger partial charge in [0.05, 0.1) is 18.6 Å². The van der Waals surface area contributed by atoms with E-state index in [2.05, 4.69) is 30.5 Å². The molecule has 1 aromatic carbocycles. The van der Waals surface area contributed by atoms with E-state index in [0.29, 0.717) is 13.2 Å². The monoisotopic (exact) mass is 424 g/mol. The van der Waals surface area contributed by atoms with Gasteiger partial charge in [-0.15, -0.1) is 11.3 Å². The van der Waals surface area contributed by atoms with Crippen LogP contribution >= 0.6 is 11.3 Å². The molecule has 1 heterocycles. The van der Waals surface area contributed by atoms with Crippen LogP contribution in [0.15, 0.2) is 35.3 Å². The van der Waals surface area contributed by atoms with Gasteiger partial charge in [-0.2, -0.15) is 4.99 Å². The second-order valence-corrected chi connectivity index (χ2v) is 11.0. The molecule has 0 aliphatic heterocycles. The first kappa shape index (κ1) is 20.2. The number of hydrogen-bond acceptors (Lipinski definition) is 3. The second kappa shape index (κ2) is 8.08. The van der Waals surface area contributed by atoms with Crippen molar-refractivity contribution < 1.29 is 9.53 Å². The van der Waals surface area contributed by atoms with Gasteiger partial charge >= 0.3 is 0 Å². The van der Waals surface area contributed by atoms with Gasteiger partial charge < -0.3 is 9.30 Å². The van der Waals surface area contributed by atoms with Crippen LogP contribution in [0.1, 0.15) is 54.7 Å². The molecule has 160 valence electrons. The minimum atomic E-state index is -0.164. The molecule has 2 aromatic rings. The van der Waals surface area contributed by atoms with E-state index in [0.717, 1.165) is 48.4 Å². The lowest BCUT2D eigenvalue weighted by atomic mass is 9.49. The lowest BCUT2D eigenvalue weighted by molar-refractivity contribution is -0.142. The molecule has 4 aliphatic carbocycles. The number of nitrogens with zero attached hydrogens (tertiary/aromatic N) is 2. The zero-order chi connectivity index (χ0) is 20.7. The van der Waals surface area contributed by atoms with E-state index < -0.39 is 0 Å². The van der Waals surface area contributed by atoms with Crippen molar-refractivity contribution in [3.8, 4) is 0 Å². The molecule has 0 atom stereocenters. The maximum absolute atomic E-state index is 13.4. The quantitative estimate of drug-likeness (QED) is 0.611. The summed E-state index contributed by atoms with van der Waals surface area (Å²) in [5.41, 5.74) is 2.21. The highest BCUT2D eigenvalue weighted by Gasteiger charge is 2.54. The Hall–Kier alpha value is -1.72. The Bertz CT molecular complexity index is 953. The number of rotatable bonds is 6. The molecule has 4 nitrogen and oxygen atoms in total. The molecule has 0 spiro atoms. The lowest BCUT2D eigenvalue weighted by Crippen LogP contribution is -2.50. The SMILES string of the molecule is Cc1s/c(=N\C(=O)C23CC4CC(CC(C4)C2)C3)n(CCOCc2ccccc2)c1C. The Morgan fingerprint density at radius 1 is 1.10 bits per heavy atom. The second-order valence-electron chi connectivity index (χ2n) is 9.83. The van der Waals surface area contributed by atoms with Gasteiger partial charge in [-0.1, -0.05) is 30.3 Å². The fourth-order valence-corrected chi connectivity index (χ4v) is 7.44. The Balaban J connectivity index is 1.31. The molecule has 4 fully saturated rings. The fourth-order valence-electron chi connectivity index (χ4n) is 6.44. The molecule has 4 aliphatic rings. The van der Waals surface area contributed by atoms with Gasteiger partial charge in [-0.25, -0.2) is 0 Å². The van der Waals surface area contributed by atoms with E-state index in [1.807, 2.05) is 18.2 Å². The third-order valence-corrected chi connectivity index (χ3v) is 8.75. The maximum Gasteiger partial charge on any atom is 0.254 e. The number of aromatic nitrogens is 1. The van der Waals surface area contributed by atoms with Crippen molar-refractivity contribution in [2.45, 2.75) is 65.5 Å². The van der Waals surface area contributed by atoms with Gasteiger partial charge in [0, 0.05) is 17.1 Å². The van der Waals surface area contributed by atoms with Crippen LogP contribution in [0.5, 0.6) is 0 Å². The highest BCUT2D eigenvalue weighted by molar-refractivity contribution is 7.09. The highest BCUT2D eigenvalue weighted by Crippen LogP contribution is 2.60. The van der Waals surface area contributed by atoms with E-state index in [1.54, 1.807) is 11.3 Å². The molecule has 30 heavy (non-hydrogen) atoms. The molecule has 0 N–H and O–H groups in total. The van der Waals surface area contributed by atoms with Crippen molar-refractivity contribution in [1.82, 2.24) is 4.57 Å². The first-order valence-electron chi connectivity index (χ1n) is 11.4. The summed E-state index contributed by atoms with van der Waals surface area (Å²) < 4.78 is 8.09. The Morgan fingerprint density at radius 2 is 1.73 bits per heavy atom. The number of hydrogen-bond donors (Lipinski definition) is 0. The van der Waals surface area contributed by atoms with Crippen molar-refractivity contribution in [1.29, 1.82) is 0 Å². The normalized spacial score (nSPS) is 30.2. The Kier molecular flexibility index (Phi) is 5.44. The van der Waals surface area contributed by atoms with E-state index in [9.17, 15) is 4.79 Å². The smallest absolute Gasteiger partial charge is 0.254 e. The molecule has 5 heteroatoms. The van der Waals surface area contributed by atoms with Crippen LogP contribution in [0.4, 0.5) is 0 Å². The molecular formula is C25H32N2O2S. The Labute approximate surface area is 183 Å². The molecule has 1 amide bonds. The minimum absolute atomic E-state index is 0.154. The molecule has 4 bridgehead atoms. The first-order chi connectivity index (χ1) is 14.5. The summed E-state index contributed by atoms with van der Waals surface area (Å²) in [5.74, 6) is 2.45. The number of carbonyl (C=O) groups is 1. The number of amides is 1. The van der Waals surface area contributed by atoms with Crippen LogP contribution in [0.2, 0.25) is 0 Å². The molecule has 0 unspecified atom stereocenters. The fraction of sp³-hybridized carbons (Fsp3) is 0.600. The van der Waals surface area contributed by atoms with Gasteiger partial charge in [0.2, 0.25) is 0 Å². The van der Waals surface area contributed by atoms with Gasteiger partial charge in [-0.05, 0) is 75.7 Å². The van der Waals surface area contributed by atoms with Gasteiger partial charge in [0.15, 0.2) is 4.80 Å². The van der Waals surface area contributed by atoms with Crippen LogP contribution < -0.4 is 4.80 Å². The number of aryl methyl sites for hydroxylation is 1. The number of carbonyl (C=O) groups excluding carboxylic acids is 1. The third kappa shape index (κ3) is 3.82. The standard InChI is InChI=1S/C25H32N2O2S/c1-17-18(2)30-24(27(17)8-9-29-16-19-6-4-3-5-7-19)26-23(28)25-13-20-10-21(14-25)12-22(11-20)15-25/h3-7,20-22H,8-16H2,1-2H3/b26-24-. The lowest BCUT2D eigenvalue weighted by Gasteiger charge is -2.55. The van der Waals surface area contributed by atoms with Gasteiger partial charge in [0.25, 0.3) is 5.91 Å². The van der Waals surface area contributed by atoms with E-state index in [4.69, 9.17) is 9.73 Å². The molecule has 1 aromatic heterocycles. The summed E-state index contributed by atoms with van der Waals surface area (Å²) in [5, 5.41) is 0. The largest absolute Gasteiger partial charge is 0.375 e. The van der Waals surface area contributed by atoms with Crippen LogP contribution in [0, 0.1) is 37.0 Å². The summed E-state index contributed by atoms with van der Waals surface area (Å²) in [4.78, 5) is 20.3. The molecule has 4 saturated carbocycles.